The van der Waals surface area contributed by atoms with E-state index in [1.165, 1.54) is 0 Å². The van der Waals surface area contributed by atoms with Crippen LogP contribution < -0.4 is 15.5 Å². The van der Waals surface area contributed by atoms with E-state index in [0.29, 0.717) is 6.54 Å². The van der Waals surface area contributed by atoms with Crippen molar-refractivity contribution in [2.24, 2.45) is 0 Å². The maximum Gasteiger partial charge on any atom is 0.325 e. The number of hydrogen-bond donors (Lipinski definition) is 2. The zero-order valence-corrected chi connectivity index (χ0v) is 12.4. The number of esters is 1. The van der Waals surface area contributed by atoms with Crippen LogP contribution in [0.5, 0.6) is 0 Å². The lowest BCUT2D eigenvalue weighted by Crippen LogP contribution is -2.45. The van der Waals surface area contributed by atoms with Crippen LogP contribution >= 0.6 is 0 Å². The minimum Gasteiger partial charge on any atom is -0.465 e. The Morgan fingerprint density at radius 1 is 1.32 bits per heavy atom. The van der Waals surface area contributed by atoms with Crippen LogP contribution in [-0.2, 0) is 14.3 Å². The summed E-state index contributed by atoms with van der Waals surface area (Å²) >= 11 is 0. The Labute approximate surface area is 128 Å². The number of carbonyl (C=O) groups excluding carboxylic acids is 3. The van der Waals surface area contributed by atoms with Crippen LogP contribution in [0.3, 0.4) is 0 Å². The summed E-state index contributed by atoms with van der Waals surface area (Å²) in [5, 5.41) is 5.10. The molecule has 0 bridgehead atoms. The molecule has 0 radical (unpaired) electrons. The molecule has 1 aliphatic rings. The molecule has 1 aromatic rings. The number of ether oxygens (including phenoxy) is 1. The van der Waals surface area contributed by atoms with Crippen LogP contribution in [0.4, 0.5) is 10.5 Å². The standard InChI is InChI=1S/C15H19N3O4/c1-2-22-14(20)9-16-15(21)17-11-8-13(19)18(10-11)12-6-4-3-5-7-12/h3-7,11H,2,8-10H2,1H3,(H2,16,17,21). The van der Waals surface area contributed by atoms with Gasteiger partial charge in [-0.25, -0.2) is 4.79 Å². The molecule has 1 atom stereocenters. The van der Waals surface area contributed by atoms with Gasteiger partial charge < -0.3 is 20.3 Å². The molecule has 1 fully saturated rings. The van der Waals surface area contributed by atoms with Crippen molar-refractivity contribution in [3.63, 3.8) is 0 Å². The first-order valence-corrected chi connectivity index (χ1v) is 7.15. The van der Waals surface area contributed by atoms with Crippen molar-refractivity contribution in [3.8, 4) is 0 Å². The molecular formula is C15H19N3O4. The van der Waals surface area contributed by atoms with Gasteiger partial charge in [0.2, 0.25) is 5.91 Å². The fraction of sp³-hybridized carbons (Fsp3) is 0.400. The van der Waals surface area contributed by atoms with Crippen LogP contribution in [0.1, 0.15) is 13.3 Å². The molecule has 1 saturated heterocycles. The fourth-order valence-electron chi connectivity index (χ4n) is 2.26. The van der Waals surface area contributed by atoms with Crippen LogP contribution in [0.2, 0.25) is 0 Å². The third kappa shape index (κ3) is 4.21. The highest BCUT2D eigenvalue weighted by atomic mass is 16.5. The van der Waals surface area contributed by atoms with Gasteiger partial charge in [-0.3, -0.25) is 9.59 Å². The maximum atomic E-state index is 12.0. The van der Waals surface area contributed by atoms with E-state index in [0.717, 1.165) is 5.69 Å². The average Bonchev–Trinajstić information content (AvgIpc) is 2.87. The van der Waals surface area contributed by atoms with E-state index in [2.05, 4.69) is 10.6 Å². The van der Waals surface area contributed by atoms with Gasteiger partial charge in [0.05, 0.1) is 12.6 Å². The molecule has 0 spiro atoms. The Morgan fingerprint density at radius 2 is 2.05 bits per heavy atom. The van der Waals surface area contributed by atoms with Crippen molar-refractivity contribution in [2.45, 2.75) is 19.4 Å². The SMILES string of the molecule is CCOC(=O)CNC(=O)NC1CC(=O)N(c2ccccc2)C1. The Kier molecular flexibility index (Phi) is 5.35. The molecule has 7 nitrogen and oxygen atoms in total. The van der Waals surface area contributed by atoms with Crippen molar-refractivity contribution < 1.29 is 19.1 Å². The number of amides is 3. The van der Waals surface area contributed by atoms with Gasteiger partial charge in [-0.2, -0.15) is 0 Å². The van der Waals surface area contributed by atoms with Crippen LogP contribution in [-0.4, -0.2) is 43.6 Å². The lowest BCUT2D eigenvalue weighted by atomic mass is 10.2. The lowest BCUT2D eigenvalue weighted by molar-refractivity contribution is -0.141. The molecule has 7 heteroatoms. The molecule has 0 aromatic heterocycles. The summed E-state index contributed by atoms with van der Waals surface area (Å²) < 4.78 is 4.71. The van der Waals surface area contributed by atoms with Crippen molar-refractivity contribution in [2.75, 3.05) is 24.6 Å². The number of urea groups is 1. The van der Waals surface area contributed by atoms with Crippen LogP contribution in [0.25, 0.3) is 0 Å². The van der Waals surface area contributed by atoms with Crippen molar-refractivity contribution in [1.82, 2.24) is 10.6 Å². The molecule has 1 unspecified atom stereocenters. The molecule has 118 valence electrons. The lowest BCUT2D eigenvalue weighted by Gasteiger charge is -2.17. The third-order valence-corrected chi connectivity index (χ3v) is 3.23. The number of rotatable bonds is 5. The number of carbonyl (C=O) groups is 3. The molecule has 2 N–H and O–H groups in total. The van der Waals surface area contributed by atoms with Crippen molar-refractivity contribution in [3.05, 3.63) is 30.3 Å². The summed E-state index contributed by atoms with van der Waals surface area (Å²) in [5.74, 6) is -0.534. The molecule has 22 heavy (non-hydrogen) atoms. The molecule has 0 saturated carbocycles. The number of benzene rings is 1. The average molecular weight is 305 g/mol. The second kappa shape index (κ2) is 7.44. The molecule has 1 aliphatic heterocycles. The fourth-order valence-corrected chi connectivity index (χ4v) is 2.26. The van der Waals surface area contributed by atoms with Crippen molar-refractivity contribution in [1.29, 1.82) is 0 Å². The quantitative estimate of drug-likeness (QED) is 0.782. The zero-order chi connectivity index (χ0) is 15.9. The van der Waals surface area contributed by atoms with Gasteiger partial charge in [0.1, 0.15) is 6.54 Å². The molecule has 0 aliphatic carbocycles. The van der Waals surface area contributed by atoms with E-state index in [9.17, 15) is 14.4 Å². The first kappa shape index (κ1) is 15.8. The number of para-hydroxylation sites is 1. The van der Waals surface area contributed by atoms with Crippen LogP contribution in [0.15, 0.2) is 30.3 Å². The van der Waals surface area contributed by atoms with Crippen molar-refractivity contribution >= 4 is 23.6 Å². The van der Waals surface area contributed by atoms with E-state index in [1.54, 1.807) is 11.8 Å². The smallest absolute Gasteiger partial charge is 0.325 e. The van der Waals surface area contributed by atoms with E-state index < -0.39 is 12.0 Å². The first-order chi connectivity index (χ1) is 10.6. The predicted octanol–water partition coefficient (Wildman–Crippen LogP) is 0.654. The summed E-state index contributed by atoms with van der Waals surface area (Å²) in [6, 6.07) is 8.52. The van der Waals surface area contributed by atoms with Crippen LogP contribution in [0, 0.1) is 0 Å². The molecule has 1 aromatic carbocycles. The van der Waals surface area contributed by atoms with E-state index >= 15 is 0 Å². The zero-order valence-electron chi connectivity index (χ0n) is 12.4. The van der Waals surface area contributed by atoms with Gasteiger partial charge in [-0.05, 0) is 19.1 Å². The molecule has 3 amide bonds. The normalized spacial score (nSPS) is 17.2. The van der Waals surface area contributed by atoms with E-state index in [-0.39, 0.29) is 31.5 Å². The monoisotopic (exact) mass is 305 g/mol. The number of nitrogens with one attached hydrogen (secondary N) is 2. The minimum absolute atomic E-state index is 0.0399. The van der Waals surface area contributed by atoms with Gasteiger partial charge in [0, 0.05) is 18.7 Å². The third-order valence-electron chi connectivity index (χ3n) is 3.23. The summed E-state index contributed by atoms with van der Waals surface area (Å²) in [4.78, 5) is 36.5. The van der Waals surface area contributed by atoms with Gasteiger partial charge in [0.25, 0.3) is 0 Å². The van der Waals surface area contributed by atoms with Gasteiger partial charge in [-0.15, -0.1) is 0 Å². The Bertz CT molecular complexity index is 547. The summed E-state index contributed by atoms with van der Waals surface area (Å²) in [6.45, 7) is 2.18. The number of anilines is 1. The molecular weight excluding hydrogens is 286 g/mol. The van der Waals surface area contributed by atoms with Gasteiger partial charge in [-0.1, -0.05) is 18.2 Å². The molecule has 1 heterocycles. The van der Waals surface area contributed by atoms with E-state index in [4.69, 9.17) is 4.74 Å². The second-order valence-electron chi connectivity index (χ2n) is 4.87. The Hall–Kier alpha value is -2.57. The highest BCUT2D eigenvalue weighted by molar-refractivity contribution is 5.96. The highest BCUT2D eigenvalue weighted by Crippen LogP contribution is 2.20. The predicted molar refractivity (Wildman–Crippen MR) is 80.4 cm³/mol. The largest absolute Gasteiger partial charge is 0.465 e. The Balaban J connectivity index is 1.81. The summed E-state index contributed by atoms with van der Waals surface area (Å²) in [6.07, 6.45) is 0.238. The topological polar surface area (TPSA) is 87.7 Å². The summed E-state index contributed by atoms with van der Waals surface area (Å²) in [5.41, 5.74) is 0.809. The molecule has 2 rings (SSSR count). The van der Waals surface area contributed by atoms with Gasteiger partial charge in [0.15, 0.2) is 0 Å². The maximum absolute atomic E-state index is 12.0. The number of hydrogen-bond acceptors (Lipinski definition) is 4. The summed E-state index contributed by atoms with van der Waals surface area (Å²) in [7, 11) is 0. The first-order valence-electron chi connectivity index (χ1n) is 7.15. The minimum atomic E-state index is -0.494. The highest BCUT2D eigenvalue weighted by Gasteiger charge is 2.31. The Morgan fingerprint density at radius 3 is 2.73 bits per heavy atom. The van der Waals surface area contributed by atoms with E-state index in [1.807, 2.05) is 30.3 Å². The number of nitrogens with zero attached hydrogens (tertiary/aromatic N) is 1. The van der Waals surface area contributed by atoms with Gasteiger partial charge >= 0.3 is 12.0 Å². The second-order valence-corrected chi connectivity index (χ2v) is 4.87.